The lowest BCUT2D eigenvalue weighted by atomic mass is 10.2. The van der Waals surface area contributed by atoms with Crippen molar-refractivity contribution in [2.75, 3.05) is 25.8 Å². The van der Waals surface area contributed by atoms with Crippen LogP contribution in [0.5, 0.6) is 11.5 Å². The second-order valence-corrected chi connectivity index (χ2v) is 8.35. The maximum absolute atomic E-state index is 14.0. The summed E-state index contributed by atoms with van der Waals surface area (Å²) in [5.41, 5.74) is 0.350. The van der Waals surface area contributed by atoms with Gasteiger partial charge in [0, 0.05) is 24.2 Å². The van der Waals surface area contributed by atoms with Crippen LogP contribution in [0.1, 0.15) is 26.4 Å². The molecule has 0 aliphatic heterocycles. The number of anilines is 1. The van der Waals surface area contributed by atoms with Crippen molar-refractivity contribution >= 4 is 39.9 Å². The molecular formula is C21H19F2N3O4S2. The van der Waals surface area contributed by atoms with E-state index in [1.807, 2.05) is 0 Å². The zero-order valence-corrected chi connectivity index (χ0v) is 19.0. The van der Waals surface area contributed by atoms with Gasteiger partial charge in [0.2, 0.25) is 0 Å². The van der Waals surface area contributed by atoms with Crippen molar-refractivity contribution in [2.24, 2.45) is 0 Å². The van der Waals surface area contributed by atoms with E-state index in [9.17, 15) is 18.4 Å². The molecular weight excluding hydrogens is 460 g/mol. The third-order valence-corrected chi connectivity index (χ3v) is 6.29. The number of amides is 2. The Kier molecular flexibility index (Phi) is 7.65. The predicted molar refractivity (Wildman–Crippen MR) is 119 cm³/mol. The van der Waals surface area contributed by atoms with E-state index < -0.39 is 23.4 Å². The van der Waals surface area contributed by atoms with Gasteiger partial charge in [-0.3, -0.25) is 9.59 Å². The molecule has 0 aliphatic carbocycles. The lowest BCUT2D eigenvalue weighted by Crippen LogP contribution is -2.25. The standard InChI is InChI=1S/C21H19F2N3O4S2/c1-29-13-6-4-11(16(9-13)30-2)10-24-19(28)17-20(32-21(25-17)31-3)26-18(27)14-7-5-12(22)8-15(14)23/h4-9H,10H2,1-3H3,(H,24,28)(H,26,27). The lowest BCUT2D eigenvalue weighted by Gasteiger charge is -2.11. The number of halogens is 2. The number of carbonyl (C=O) groups excluding carboxylic acids is 2. The van der Waals surface area contributed by atoms with Crippen molar-refractivity contribution in [3.63, 3.8) is 0 Å². The van der Waals surface area contributed by atoms with Gasteiger partial charge in [0.15, 0.2) is 10.0 Å². The Labute approximate surface area is 191 Å². The van der Waals surface area contributed by atoms with Gasteiger partial charge in [-0.25, -0.2) is 13.8 Å². The summed E-state index contributed by atoms with van der Waals surface area (Å²) >= 11 is 2.37. The fourth-order valence-electron chi connectivity index (χ4n) is 2.73. The average Bonchev–Trinajstić information content (AvgIpc) is 3.20. The Morgan fingerprint density at radius 2 is 1.88 bits per heavy atom. The average molecular weight is 480 g/mol. The van der Waals surface area contributed by atoms with E-state index in [2.05, 4.69) is 15.6 Å². The van der Waals surface area contributed by atoms with Gasteiger partial charge in [0.25, 0.3) is 11.8 Å². The summed E-state index contributed by atoms with van der Waals surface area (Å²) in [5.74, 6) is -2.00. The van der Waals surface area contributed by atoms with Crippen molar-refractivity contribution in [3.8, 4) is 11.5 Å². The molecule has 3 aromatic rings. The number of benzene rings is 2. The number of hydrogen-bond acceptors (Lipinski definition) is 7. The second-order valence-electron chi connectivity index (χ2n) is 6.30. The lowest BCUT2D eigenvalue weighted by molar-refractivity contribution is 0.0947. The molecule has 2 amide bonds. The molecule has 0 fully saturated rings. The maximum Gasteiger partial charge on any atom is 0.273 e. The monoisotopic (exact) mass is 479 g/mol. The fourth-order valence-corrected chi connectivity index (χ4v) is 4.18. The summed E-state index contributed by atoms with van der Waals surface area (Å²) in [6.07, 6.45) is 1.77. The number of carbonyl (C=O) groups is 2. The minimum absolute atomic E-state index is 0.0114. The number of methoxy groups -OCH3 is 2. The van der Waals surface area contributed by atoms with Gasteiger partial charge in [-0.05, 0) is 30.5 Å². The van der Waals surface area contributed by atoms with E-state index in [0.29, 0.717) is 27.5 Å². The van der Waals surface area contributed by atoms with Gasteiger partial charge in [-0.15, -0.1) is 0 Å². The van der Waals surface area contributed by atoms with Gasteiger partial charge >= 0.3 is 0 Å². The Morgan fingerprint density at radius 3 is 2.53 bits per heavy atom. The smallest absolute Gasteiger partial charge is 0.273 e. The minimum Gasteiger partial charge on any atom is -0.497 e. The highest BCUT2D eigenvalue weighted by Crippen LogP contribution is 2.31. The summed E-state index contributed by atoms with van der Waals surface area (Å²) in [5, 5.41) is 5.39. The first-order chi connectivity index (χ1) is 15.4. The highest BCUT2D eigenvalue weighted by Gasteiger charge is 2.22. The van der Waals surface area contributed by atoms with Crippen LogP contribution in [-0.2, 0) is 6.54 Å². The SMILES string of the molecule is COc1ccc(CNC(=O)c2nc(SC)sc2NC(=O)c2ccc(F)cc2F)c(OC)c1. The van der Waals surface area contributed by atoms with Crippen LogP contribution in [0, 0.1) is 11.6 Å². The second kappa shape index (κ2) is 10.4. The number of thiazole rings is 1. The Hall–Kier alpha value is -3.18. The number of ether oxygens (including phenoxy) is 2. The Bertz CT molecular complexity index is 1150. The van der Waals surface area contributed by atoms with E-state index in [4.69, 9.17) is 9.47 Å². The summed E-state index contributed by atoms with van der Waals surface area (Å²) in [4.78, 5) is 29.5. The first-order valence-electron chi connectivity index (χ1n) is 9.16. The normalized spacial score (nSPS) is 10.5. The van der Waals surface area contributed by atoms with Crippen LogP contribution in [0.15, 0.2) is 40.7 Å². The molecule has 32 heavy (non-hydrogen) atoms. The van der Waals surface area contributed by atoms with E-state index in [0.717, 1.165) is 23.5 Å². The van der Waals surface area contributed by atoms with Crippen LogP contribution in [-0.4, -0.2) is 37.3 Å². The molecule has 1 heterocycles. The molecule has 168 valence electrons. The zero-order valence-electron chi connectivity index (χ0n) is 17.3. The molecule has 0 saturated carbocycles. The van der Waals surface area contributed by atoms with Crippen molar-refractivity contribution in [1.82, 2.24) is 10.3 Å². The van der Waals surface area contributed by atoms with Crippen LogP contribution in [0.3, 0.4) is 0 Å². The summed E-state index contributed by atoms with van der Waals surface area (Å²) in [6.45, 7) is 0.137. The van der Waals surface area contributed by atoms with E-state index in [1.54, 1.807) is 24.5 Å². The van der Waals surface area contributed by atoms with E-state index in [-0.39, 0.29) is 22.8 Å². The molecule has 0 saturated heterocycles. The first kappa shape index (κ1) is 23.5. The molecule has 11 heteroatoms. The summed E-state index contributed by atoms with van der Waals surface area (Å²) in [7, 11) is 3.04. The van der Waals surface area contributed by atoms with Crippen molar-refractivity contribution in [1.29, 1.82) is 0 Å². The molecule has 0 unspecified atom stereocenters. The van der Waals surface area contributed by atoms with Crippen LogP contribution < -0.4 is 20.1 Å². The van der Waals surface area contributed by atoms with Gasteiger partial charge < -0.3 is 20.1 Å². The number of nitrogens with one attached hydrogen (secondary N) is 2. The summed E-state index contributed by atoms with van der Waals surface area (Å²) < 4.78 is 38.1. The van der Waals surface area contributed by atoms with Crippen molar-refractivity contribution in [2.45, 2.75) is 10.9 Å². The topological polar surface area (TPSA) is 89.5 Å². The Morgan fingerprint density at radius 1 is 1.09 bits per heavy atom. The summed E-state index contributed by atoms with van der Waals surface area (Å²) in [6, 6.07) is 7.82. The Balaban J connectivity index is 1.78. The number of thioether (sulfide) groups is 1. The molecule has 0 spiro atoms. The largest absolute Gasteiger partial charge is 0.497 e. The van der Waals surface area contributed by atoms with Crippen LogP contribution in [0.25, 0.3) is 0 Å². The number of nitrogens with zero attached hydrogens (tertiary/aromatic N) is 1. The number of rotatable bonds is 8. The fraction of sp³-hybridized carbons (Fsp3) is 0.190. The third kappa shape index (κ3) is 5.35. The van der Waals surface area contributed by atoms with Crippen molar-refractivity contribution in [3.05, 3.63) is 64.9 Å². The van der Waals surface area contributed by atoms with Crippen LogP contribution >= 0.6 is 23.1 Å². The highest BCUT2D eigenvalue weighted by atomic mass is 32.2. The first-order valence-corrected chi connectivity index (χ1v) is 11.2. The van der Waals surface area contributed by atoms with Gasteiger partial charge in [0.1, 0.15) is 28.1 Å². The molecule has 3 rings (SSSR count). The molecule has 0 atom stereocenters. The van der Waals surface area contributed by atoms with Crippen molar-refractivity contribution < 1.29 is 27.8 Å². The molecule has 0 radical (unpaired) electrons. The van der Waals surface area contributed by atoms with Gasteiger partial charge in [-0.1, -0.05) is 23.1 Å². The molecule has 0 bridgehead atoms. The molecule has 0 aliphatic rings. The number of aromatic nitrogens is 1. The van der Waals surface area contributed by atoms with Crippen LogP contribution in [0.2, 0.25) is 0 Å². The van der Waals surface area contributed by atoms with Gasteiger partial charge in [0.05, 0.1) is 19.8 Å². The molecule has 2 aromatic carbocycles. The molecule has 7 nitrogen and oxygen atoms in total. The van der Waals surface area contributed by atoms with Crippen LogP contribution in [0.4, 0.5) is 13.8 Å². The molecule has 1 aromatic heterocycles. The zero-order chi connectivity index (χ0) is 23.3. The third-order valence-electron chi connectivity index (χ3n) is 4.33. The predicted octanol–water partition coefficient (Wildman–Crippen LogP) is 4.34. The minimum atomic E-state index is -1.00. The van der Waals surface area contributed by atoms with E-state index in [1.165, 1.54) is 26.0 Å². The van der Waals surface area contributed by atoms with E-state index >= 15 is 0 Å². The number of hydrogen-bond donors (Lipinski definition) is 2. The maximum atomic E-state index is 14.0. The van der Waals surface area contributed by atoms with Gasteiger partial charge in [-0.2, -0.15) is 0 Å². The quantitative estimate of drug-likeness (QED) is 0.467. The molecule has 2 N–H and O–H groups in total. The highest BCUT2D eigenvalue weighted by molar-refractivity contribution is 8.00.